The number of hydrogen-bond acceptors (Lipinski definition) is 2. The molecule has 2 atom stereocenters. The lowest BCUT2D eigenvalue weighted by atomic mass is 9.97. The summed E-state index contributed by atoms with van der Waals surface area (Å²) in [5, 5.41) is 2.69. The minimum Gasteiger partial charge on any atom is -0.343 e. The maximum Gasteiger partial charge on any atom is 0.245 e. The Bertz CT molecular complexity index is 330. The van der Waals surface area contributed by atoms with E-state index < -0.39 is 12.1 Å². The summed E-state index contributed by atoms with van der Waals surface area (Å²) in [7, 11) is 0. The molecule has 0 radical (unpaired) electrons. The Labute approximate surface area is 96.4 Å². The van der Waals surface area contributed by atoms with Gasteiger partial charge in [0.15, 0.2) is 0 Å². The van der Waals surface area contributed by atoms with Crippen molar-refractivity contribution in [3.05, 3.63) is 0 Å². The lowest BCUT2D eigenvalue weighted by Crippen LogP contribution is -2.64. The standard InChI is InChI=1S/C12H18N2O2/c1-5-6-7-14-10(8(2)3)11(15)13-9(4)12(14)16/h1,8-10H,6-7H2,2-4H3,(H,13,15). The molecule has 0 spiro atoms. The molecular weight excluding hydrogens is 204 g/mol. The van der Waals surface area contributed by atoms with Gasteiger partial charge in [-0.05, 0) is 12.8 Å². The molecule has 1 saturated heterocycles. The largest absolute Gasteiger partial charge is 0.343 e. The van der Waals surface area contributed by atoms with Gasteiger partial charge in [0, 0.05) is 13.0 Å². The average molecular weight is 222 g/mol. The number of nitrogens with one attached hydrogen (secondary N) is 1. The van der Waals surface area contributed by atoms with Crippen molar-refractivity contribution in [2.24, 2.45) is 5.92 Å². The normalized spacial score (nSPS) is 25.6. The summed E-state index contributed by atoms with van der Waals surface area (Å²) in [6, 6.07) is -0.836. The Morgan fingerprint density at radius 3 is 2.62 bits per heavy atom. The summed E-state index contributed by atoms with van der Waals surface area (Å²) < 4.78 is 0. The zero-order valence-corrected chi connectivity index (χ0v) is 9.99. The lowest BCUT2D eigenvalue weighted by Gasteiger charge is -2.39. The van der Waals surface area contributed by atoms with Gasteiger partial charge in [0.25, 0.3) is 0 Å². The number of hydrogen-bond donors (Lipinski definition) is 1. The van der Waals surface area contributed by atoms with Crippen molar-refractivity contribution < 1.29 is 9.59 Å². The molecule has 0 aromatic carbocycles. The predicted octanol–water partition coefficient (Wildman–Crippen LogP) is 0.381. The lowest BCUT2D eigenvalue weighted by molar-refractivity contribution is -0.150. The van der Waals surface area contributed by atoms with E-state index in [1.54, 1.807) is 11.8 Å². The van der Waals surface area contributed by atoms with E-state index in [0.717, 1.165) is 0 Å². The van der Waals surface area contributed by atoms with Gasteiger partial charge in [0.1, 0.15) is 12.1 Å². The molecule has 2 unspecified atom stereocenters. The Morgan fingerprint density at radius 1 is 1.50 bits per heavy atom. The van der Waals surface area contributed by atoms with Crippen LogP contribution in [0, 0.1) is 18.3 Å². The Kier molecular flexibility index (Phi) is 3.94. The number of terminal acetylenes is 1. The predicted molar refractivity (Wildman–Crippen MR) is 61.4 cm³/mol. The Hall–Kier alpha value is -1.50. The molecule has 0 bridgehead atoms. The third-order valence-electron chi connectivity index (χ3n) is 2.75. The molecule has 0 aromatic heterocycles. The van der Waals surface area contributed by atoms with Crippen LogP contribution in [0.1, 0.15) is 27.2 Å². The quantitative estimate of drug-likeness (QED) is 0.702. The van der Waals surface area contributed by atoms with Gasteiger partial charge in [-0.1, -0.05) is 13.8 Å². The maximum absolute atomic E-state index is 11.9. The number of carbonyl (C=O) groups excluding carboxylic acids is 2. The van der Waals surface area contributed by atoms with Crippen LogP contribution in [0.5, 0.6) is 0 Å². The number of rotatable bonds is 3. The van der Waals surface area contributed by atoms with E-state index in [0.29, 0.717) is 13.0 Å². The van der Waals surface area contributed by atoms with Gasteiger partial charge in [-0.15, -0.1) is 12.3 Å². The fraction of sp³-hybridized carbons (Fsp3) is 0.667. The summed E-state index contributed by atoms with van der Waals surface area (Å²) in [5.41, 5.74) is 0. The van der Waals surface area contributed by atoms with E-state index in [-0.39, 0.29) is 17.7 Å². The fourth-order valence-electron chi connectivity index (χ4n) is 1.98. The van der Waals surface area contributed by atoms with Crippen molar-refractivity contribution in [1.82, 2.24) is 10.2 Å². The molecule has 0 aliphatic carbocycles. The molecule has 4 heteroatoms. The molecule has 1 N–H and O–H groups in total. The first kappa shape index (κ1) is 12.6. The minimum atomic E-state index is -0.444. The highest BCUT2D eigenvalue weighted by atomic mass is 16.2. The van der Waals surface area contributed by atoms with Crippen molar-refractivity contribution in [1.29, 1.82) is 0 Å². The van der Waals surface area contributed by atoms with Crippen LogP contribution in [0.15, 0.2) is 0 Å². The third kappa shape index (κ3) is 2.35. The summed E-state index contributed by atoms with van der Waals surface area (Å²) in [5.74, 6) is 2.46. The van der Waals surface area contributed by atoms with Gasteiger partial charge in [0.2, 0.25) is 11.8 Å². The van der Waals surface area contributed by atoms with Crippen LogP contribution in [0.4, 0.5) is 0 Å². The van der Waals surface area contributed by atoms with Crippen molar-refractivity contribution in [2.45, 2.75) is 39.3 Å². The number of carbonyl (C=O) groups is 2. The Balaban J connectivity index is 2.89. The molecule has 1 rings (SSSR count). The van der Waals surface area contributed by atoms with Crippen molar-refractivity contribution >= 4 is 11.8 Å². The van der Waals surface area contributed by atoms with E-state index in [1.165, 1.54) is 0 Å². The molecule has 0 saturated carbocycles. The number of nitrogens with zero attached hydrogens (tertiary/aromatic N) is 1. The SMILES string of the molecule is C#CCCN1C(=O)C(C)NC(=O)C1C(C)C. The molecule has 1 aliphatic rings. The van der Waals surface area contributed by atoms with Gasteiger partial charge in [-0.3, -0.25) is 9.59 Å². The summed E-state index contributed by atoms with van der Waals surface area (Å²) in [6.07, 6.45) is 5.67. The number of piperazine rings is 1. The van der Waals surface area contributed by atoms with Gasteiger partial charge < -0.3 is 10.2 Å². The minimum absolute atomic E-state index is 0.0476. The highest BCUT2D eigenvalue weighted by molar-refractivity contribution is 5.96. The van der Waals surface area contributed by atoms with Crippen molar-refractivity contribution in [2.75, 3.05) is 6.54 Å². The second kappa shape index (κ2) is 5.02. The monoisotopic (exact) mass is 222 g/mol. The highest BCUT2D eigenvalue weighted by Gasteiger charge is 2.39. The number of amides is 2. The second-order valence-electron chi connectivity index (χ2n) is 4.40. The van der Waals surface area contributed by atoms with E-state index in [2.05, 4.69) is 11.2 Å². The van der Waals surface area contributed by atoms with Crippen LogP contribution in [-0.2, 0) is 9.59 Å². The van der Waals surface area contributed by atoms with Crippen LogP contribution in [0.25, 0.3) is 0 Å². The van der Waals surface area contributed by atoms with Gasteiger partial charge in [-0.25, -0.2) is 0 Å². The van der Waals surface area contributed by atoms with E-state index >= 15 is 0 Å². The smallest absolute Gasteiger partial charge is 0.245 e. The van der Waals surface area contributed by atoms with Crippen LogP contribution in [0.3, 0.4) is 0 Å². The molecule has 2 amide bonds. The zero-order chi connectivity index (χ0) is 12.3. The van der Waals surface area contributed by atoms with Crippen molar-refractivity contribution in [3.8, 4) is 12.3 Å². The van der Waals surface area contributed by atoms with Gasteiger partial charge in [0.05, 0.1) is 0 Å². The summed E-state index contributed by atoms with van der Waals surface area (Å²) in [4.78, 5) is 25.3. The molecule has 1 aliphatic heterocycles. The first-order chi connectivity index (χ1) is 7.49. The molecule has 16 heavy (non-hydrogen) atoms. The van der Waals surface area contributed by atoms with Gasteiger partial charge >= 0.3 is 0 Å². The van der Waals surface area contributed by atoms with Crippen LogP contribution in [-0.4, -0.2) is 35.3 Å². The van der Waals surface area contributed by atoms with Crippen LogP contribution >= 0.6 is 0 Å². The molecular formula is C12H18N2O2. The van der Waals surface area contributed by atoms with Crippen molar-refractivity contribution in [3.63, 3.8) is 0 Å². The third-order valence-corrected chi connectivity index (χ3v) is 2.75. The summed E-state index contributed by atoms with van der Waals surface area (Å²) >= 11 is 0. The first-order valence-electron chi connectivity index (χ1n) is 5.53. The van der Waals surface area contributed by atoms with E-state index in [4.69, 9.17) is 6.42 Å². The van der Waals surface area contributed by atoms with Gasteiger partial charge in [-0.2, -0.15) is 0 Å². The molecule has 1 heterocycles. The summed E-state index contributed by atoms with van der Waals surface area (Å²) in [6.45, 7) is 6.00. The van der Waals surface area contributed by atoms with Crippen LogP contribution in [0.2, 0.25) is 0 Å². The second-order valence-corrected chi connectivity index (χ2v) is 4.40. The molecule has 4 nitrogen and oxygen atoms in total. The van der Waals surface area contributed by atoms with Crippen LogP contribution < -0.4 is 5.32 Å². The van der Waals surface area contributed by atoms with E-state index in [1.807, 2.05) is 13.8 Å². The molecule has 0 aromatic rings. The fourth-order valence-corrected chi connectivity index (χ4v) is 1.98. The topological polar surface area (TPSA) is 49.4 Å². The maximum atomic E-state index is 11.9. The molecule has 88 valence electrons. The first-order valence-corrected chi connectivity index (χ1v) is 5.53. The van der Waals surface area contributed by atoms with E-state index in [9.17, 15) is 9.59 Å². The Morgan fingerprint density at radius 2 is 2.12 bits per heavy atom. The highest BCUT2D eigenvalue weighted by Crippen LogP contribution is 2.17. The average Bonchev–Trinajstić information content (AvgIpc) is 2.20. The zero-order valence-electron chi connectivity index (χ0n) is 9.99. The molecule has 1 fully saturated rings.